The summed E-state index contributed by atoms with van der Waals surface area (Å²) >= 11 is 13.1. The number of hydrogen-bond donors (Lipinski definition) is 0. The van der Waals surface area contributed by atoms with Crippen LogP contribution in [-0.4, -0.2) is 27.1 Å². The van der Waals surface area contributed by atoms with Crippen LogP contribution in [0.15, 0.2) is 47.5 Å². The summed E-state index contributed by atoms with van der Waals surface area (Å²) in [4.78, 5) is 33.8. The summed E-state index contributed by atoms with van der Waals surface area (Å²) in [5.41, 5.74) is 1.48. The van der Waals surface area contributed by atoms with Crippen molar-refractivity contribution in [2.45, 2.75) is 0 Å². The molecule has 1 saturated heterocycles. The van der Waals surface area contributed by atoms with Crippen molar-refractivity contribution in [1.29, 1.82) is 0 Å². The van der Waals surface area contributed by atoms with Gasteiger partial charge in [-0.2, -0.15) is 11.8 Å². The third kappa shape index (κ3) is 4.84. The lowest BCUT2D eigenvalue weighted by molar-refractivity contribution is -0.384. The maximum absolute atomic E-state index is 12.8. The van der Waals surface area contributed by atoms with Crippen molar-refractivity contribution in [2.24, 2.45) is 0 Å². The Balaban J connectivity index is 1.93. The molecule has 0 bridgehead atoms. The highest BCUT2D eigenvalue weighted by Crippen LogP contribution is 2.31. The highest BCUT2D eigenvalue weighted by molar-refractivity contribution is 7.99. The lowest BCUT2D eigenvalue weighted by Gasteiger charge is -2.16. The second-order valence-electron chi connectivity index (χ2n) is 6.10. The van der Waals surface area contributed by atoms with Gasteiger partial charge in [0.05, 0.1) is 9.85 Å². The van der Waals surface area contributed by atoms with Crippen molar-refractivity contribution in [1.82, 2.24) is 0 Å². The Bertz CT molecular complexity index is 1010. The molecule has 0 saturated carbocycles. The number of nitro benzene ring substituents is 2. The Morgan fingerprint density at radius 3 is 1.62 bits per heavy atom. The van der Waals surface area contributed by atoms with Gasteiger partial charge in [-0.3, -0.25) is 25.0 Å². The number of rotatable bonds is 4. The average molecular weight is 451 g/mol. The van der Waals surface area contributed by atoms with Crippen molar-refractivity contribution in [3.05, 3.63) is 88.9 Å². The summed E-state index contributed by atoms with van der Waals surface area (Å²) in [6, 6.07) is 8.65. The van der Waals surface area contributed by atoms with Gasteiger partial charge >= 0.3 is 0 Å². The summed E-state index contributed by atoms with van der Waals surface area (Å²) in [5.74, 6) is 0.694. The van der Waals surface area contributed by atoms with Crippen LogP contribution in [0.2, 0.25) is 10.0 Å². The molecule has 1 fully saturated rings. The second-order valence-corrected chi connectivity index (χ2v) is 7.90. The number of carbonyl (C=O) groups excluding carboxylic acids is 1. The number of nitrogens with zero attached hydrogens (tertiary/aromatic N) is 2. The molecule has 1 aliphatic rings. The van der Waals surface area contributed by atoms with Gasteiger partial charge in [-0.25, -0.2) is 0 Å². The van der Waals surface area contributed by atoms with Crippen LogP contribution in [0.1, 0.15) is 11.1 Å². The maximum Gasteiger partial charge on any atom is 0.288 e. The molecule has 0 aromatic heterocycles. The molecule has 1 aliphatic heterocycles. The minimum absolute atomic E-state index is 0.0198. The third-order valence-corrected chi connectivity index (χ3v) is 5.78. The van der Waals surface area contributed by atoms with Gasteiger partial charge in [-0.15, -0.1) is 0 Å². The standard InChI is InChI=1S/C19H12Cl2N2O5S/c20-15-3-1-11(7-17(15)22(25)26)5-13-9-29-10-14(19(13)24)6-12-2-4-16(21)18(8-12)23(27)28/h1-8H,9-10H2/b13-5-,14-6+. The van der Waals surface area contributed by atoms with E-state index < -0.39 is 9.85 Å². The monoisotopic (exact) mass is 450 g/mol. The lowest BCUT2D eigenvalue weighted by atomic mass is 10.0. The molecule has 0 aliphatic carbocycles. The number of carbonyl (C=O) groups is 1. The van der Waals surface area contributed by atoms with Gasteiger partial charge in [0.2, 0.25) is 0 Å². The van der Waals surface area contributed by atoms with Crippen molar-refractivity contribution in [2.75, 3.05) is 11.5 Å². The normalized spacial score (nSPS) is 17.0. The smallest absolute Gasteiger partial charge is 0.288 e. The van der Waals surface area contributed by atoms with E-state index in [2.05, 4.69) is 0 Å². The molecule has 29 heavy (non-hydrogen) atoms. The Labute approximate surface area is 179 Å². The van der Waals surface area contributed by atoms with E-state index in [1.54, 1.807) is 24.3 Å². The first-order valence-electron chi connectivity index (χ1n) is 8.17. The lowest BCUT2D eigenvalue weighted by Crippen LogP contribution is -2.16. The summed E-state index contributed by atoms with van der Waals surface area (Å²) in [7, 11) is 0. The van der Waals surface area contributed by atoms with Crippen LogP contribution < -0.4 is 0 Å². The molecule has 0 N–H and O–H groups in total. The summed E-state index contributed by atoms with van der Waals surface area (Å²) in [5, 5.41) is 22.1. The molecule has 148 valence electrons. The summed E-state index contributed by atoms with van der Waals surface area (Å²) < 4.78 is 0. The van der Waals surface area contributed by atoms with E-state index in [0.29, 0.717) is 33.8 Å². The average Bonchev–Trinajstić information content (AvgIpc) is 2.67. The fraction of sp³-hybridized carbons (Fsp3) is 0.105. The number of nitro groups is 2. The highest BCUT2D eigenvalue weighted by atomic mass is 35.5. The zero-order chi connectivity index (χ0) is 21.1. The van der Waals surface area contributed by atoms with Crippen LogP contribution >= 0.6 is 35.0 Å². The third-order valence-electron chi connectivity index (χ3n) is 4.11. The van der Waals surface area contributed by atoms with Gasteiger partial charge in [0.15, 0.2) is 5.78 Å². The number of benzene rings is 2. The Kier molecular flexibility index (Phi) is 6.36. The number of halogens is 2. The number of Topliss-reactive ketones (excluding diaryl/α,β-unsaturated/α-hetero) is 1. The largest absolute Gasteiger partial charge is 0.289 e. The molecule has 0 amide bonds. The molecule has 0 atom stereocenters. The SMILES string of the molecule is O=C1/C(=C/c2ccc(Cl)c([N+](=O)[O-])c2)CSC/C1=C/c1ccc(Cl)c([N+](=O)[O-])c1. The van der Waals surface area contributed by atoms with E-state index in [1.807, 2.05) is 0 Å². The van der Waals surface area contributed by atoms with E-state index in [4.69, 9.17) is 23.2 Å². The number of thioether (sulfide) groups is 1. The zero-order valence-corrected chi connectivity index (χ0v) is 17.0. The van der Waals surface area contributed by atoms with Crippen LogP contribution in [-0.2, 0) is 4.79 Å². The van der Waals surface area contributed by atoms with Gasteiger partial charge in [0.25, 0.3) is 11.4 Å². The highest BCUT2D eigenvalue weighted by Gasteiger charge is 2.22. The van der Waals surface area contributed by atoms with Crippen LogP contribution in [0, 0.1) is 20.2 Å². The van der Waals surface area contributed by atoms with Crippen LogP contribution in [0.3, 0.4) is 0 Å². The first kappa shape index (κ1) is 21.0. The molecular weight excluding hydrogens is 439 g/mol. The topological polar surface area (TPSA) is 103 Å². The molecule has 3 rings (SSSR count). The van der Waals surface area contributed by atoms with Gasteiger partial charge in [-0.1, -0.05) is 35.3 Å². The van der Waals surface area contributed by atoms with Crippen LogP contribution in [0.25, 0.3) is 12.2 Å². The quantitative estimate of drug-likeness (QED) is 0.341. The predicted molar refractivity (Wildman–Crippen MR) is 114 cm³/mol. The Morgan fingerprint density at radius 1 is 0.828 bits per heavy atom. The van der Waals surface area contributed by atoms with E-state index in [1.165, 1.54) is 36.0 Å². The van der Waals surface area contributed by atoms with E-state index in [9.17, 15) is 25.0 Å². The van der Waals surface area contributed by atoms with Gasteiger partial charge in [-0.05, 0) is 35.4 Å². The van der Waals surface area contributed by atoms with Gasteiger partial charge in [0, 0.05) is 34.8 Å². The zero-order valence-electron chi connectivity index (χ0n) is 14.6. The van der Waals surface area contributed by atoms with Crippen molar-refractivity contribution >= 4 is 64.3 Å². The molecule has 1 heterocycles. The first-order chi connectivity index (χ1) is 13.8. The fourth-order valence-electron chi connectivity index (χ4n) is 2.74. The number of ketones is 1. The van der Waals surface area contributed by atoms with Crippen LogP contribution in [0.4, 0.5) is 11.4 Å². The van der Waals surface area contributed by atoms with Crippen molar-refractivity contribution in [3.8, 4) is 0 Å². The van der Waals surface area contributed by atoms with Crippen molar-refractivity contribution in [3.63, 3.8) is 0 Å². The van der Waals surface area contributed by atoms with E-state index in [-0.39, 0.29) is 27.2 Å². The molecule has 10 heteroatoms. The Morgan fingerprint density at radius 2 is 1.24 bits per heavy atom. The molecule has 2 aromatic carbocycles. The first-order valence-corrected chi connectivity index (χ1v) is 10.1. The molecule has 0 unspecified atom stereocenters. The molecule has 7 nitrogen and oxygen atoms in total. The number of hydrogen-bond acceptors (Lipinski definition) is 6. The minimum Gasteiger partial charge on any atom is -0.289 e. The minimum atomic E-state index is -0.583. The molecule has 2 aromatic rings. The van der Waals surface area contributed by atoms with Gasteiger partial charge in [0.1, 0.15) is 10.0 Å². The van der Waals surface area contributed by atoms with Crippen molar-refractivity contribution < 1.29 is 14.6 Å². The second kappa shape index (κ2) is 8.77. The summed E-state index contributed by atoms with van der Waals surface area (Å²) in [6.07, 6.45) is 3.19. The molecule has 0 radical (unpaired) electrons. The van der Waals surface area contributed by atoms with E-state index in [0.717, 1.165) is 0 Å². The van der Waals surface area contributed by atoms with Crippen LogP contribution in [0.5, 0.6) is 0 Å². The molecular formula is C19H12Cl2N2O5S. The molecule has 0 spiro atoms. The van der Waals surface area contributed by atoms with Gasteiger partial charge < -0.3 is 0 Å². The van der Waals surface area contributed by atoms with E-state index >= 15 is 0 Å². The maximum atomic E-state index is 12.8. The fourth-order valence-corrected chi connectivity index (χ4v) is 4.09. The Hall–Kier alpha value is -2.68. The summed E-state index contributed by atoms with van der Waals surface area (Å²) in [6.45, 7) is 0. The predicted octanol–water partition coefficient (Wildman–Crippen LogP) is 5.59.